The SMILES string of the molecule is CCCCCCCCC(CCC1COC1)C(CC)(OCC)OCC. The minimum atomic E-state index is -0.377. The molecule has 1 heterocycles. The number of unbranched alkanes of at least 4 members (excludes halogenated alkanes) is 5. The van der Waals surface area contributed by atoms with Gasteiger partial charge in [0.1, 0.15) is 0 Å². The molecule has 0 aromatic carbocycles. The molecule has 0 aromatic heterocycles. The Morgan fingerprint density at radius 3 is 2.00 bits per heavy atom. The van der Waals surface area contributed by atoms with Crippen LogP contribution in [-0.4, -0.2) is 32.2 Å². The van der Waals surface area contributed by atoms with Crippen LogP contribution >= 0.6 is 0 Å². The average molecular weight is 343 g/mol. The van der Waals surface area contributed by atoms with Crippen LogP contribution in [0.4, 0.5) is 0 Å². The molecule has 1 saturated heterocycles. The summed E-state index contributed by atoms with van der Waals surface area (Å²) in [5.74, 6) is 0.890. The zero-order valence-electron chi connectivity index (χ0n) is 16.8. The first-order valence-electron chi connectivity index (χ1n) is 10.6. The first-order chi connectivity index (χ1) is 11.7. The summed E-state index contributed by atoms with van der Waals surface area (Å²) in [6.07, 6.45) is 12.7. The molecule has 0 aliphatic carbocycles. The molecule has 1 fully saturated rings. The lowest BCUT2D eigenvalue weighted by Gasteiger charge is -2.41. The van der Waals surface area contributed by atoms with Gasteiger partial charge in [-0.1, -0.05) is 52.4 Å². The van der Waals surface area contributed by atoms with Gasteiger partial charge < -0.3 is 14.2 Å². The van der Waals surface area contributed by atoms with Crippen LogP contribution < -0.4 is 0 Å². The highest BCUT2D eigenvalue weighted by molar-refractivity contribution is 4.81. The van der Waals surface area contributed by atoms with Crippen molar-refractivity contribution in [3.8, 4) is 0 Å². The van der Waals surface area contributed by atoms with E-state index in [0.29, 0.717) is 5.92 Å². The van der Waals surface area contributed by atoms with E-state index in [1.54, 1.807) is 0 Å². The van der Waals surface area contributed by atoms with Gasteiger partial charge in [-0.2, -0.15) is 0 Å². The summed E-state index contributed by atoms with van der Waals surface area (Å²) in [5.41, 5.74) is 0. The summed E-state index contributed by atoms with van der Waals surface area (Å²) in [6.45, 7) is 12.0. The van der Waals surface area contributed by atoms with E-state index in [2.05, 4.69) is 27.7 Å². The third kappa shape index (κ3) is 7.41. The van der Waals surface area contributed by atoms with Crippen molar-refractivity contribution in [2.75, 3.05) is 26.4 Å². The number of rotatable bonds is 16. The summed E-state index contributed by atoms with van der Waals surface area (Å²) in [7, 11) is 0. The highest BCUT2D eigenvalue weighted by Crippen LogP contribution is 2.36. The lowest BCUT2D eigenvalue weighted by Crippen LogP contribution is -2.44. The van der Waals surface area contributed by atoms with Crippen LogP contribution in [0.5, 0.6) is 0 Å². The van der Waals surface area contributed by atoms with Crippen molar-refractivity contribution < 1.29 is 14.2 Å². The molecular formula is C21H42O3. The van der Waals surface area contributed by atoms with E-state index in [1.165, 1.54) is 57.8 Å². The molecule has 0 bridgehead atoms. The molecule has 0 amide bonds. The zero-order chi connectivity index (χ0) is 17.7. The van der Waals surface area contributed by atoms with Gasteiger partial charge in [0.2, 0.25) is 0 Å². The number of hydrogen-bond donors (Lipinski definition) is 0. The Morgan fingerprint density at radius 1 is 0.875 bits per heavy atom. The van der Waals surface area contributed by atoms with E-state index < -0.39 is 0 Å². The van der Waals surface area contributed by atoms with Crippen molar-refractivity contribution in [3.63, 3.8) is 0 Å². The van der Waals surface area contributed by atoms with Crippen LogP contribution in [0.25, 0.3) is 0 Å². The summed E-state index contributed by atoms with van der Waals surface area (Å²) in [4.78, 5) is 0. The first-order valence-corrected chi connectivity index (χ1v) is 10.6. The number of ether oxygens (including phenoxy) is 3. The van der Waals surface area contributed by atoms with Crippen molar-refractivity contribution in [1.82, 2.24) is 0 Å². The minimum absolute atomic E-state index is 0.377. The van der Waals surface area contributed by atoms with Crippen LogP contribution in [0.3, 0.4) is 0 Å². The summed E-state index contributed by atoms with van der Waals surface area (Å²) < 4.78 is 17.8. The normalized spacial score (nSPS) is 17.0. The van der Waals surface area contributed by atoms with E-state index in [4.69, 9.17) is 14.2 Å². The molecule has 3 nitrogen and oxygen atoms in total. The smallest absolute Gasteiger partial charge is 0.170 e. The molecular weight excluding hydrogens is 300 g/mol. The van der Waals surface area contributed by atoms with Gasteiger partial charge in [-0.25, -0.2) is 0 Å². The van der Waals surface area contributed by atoms with Crippen molar-refractivity contribution in [1.29, 1.82) is 0 Å². The maximum atomic E-state index is 6.21. The second-order valence-corrected chi connectivity index (χ2v) is 7.27. The Bertz CT molecular complexity index is 283. The van der Waals surface area contributed by atoms with Gasteiger partial charge >= 0.3 is 0 Å². The van der Waals surface area contributed by atoms with Gasteiger partial charge in [0.25, 0.3) is 0 Å². The molecule has 0 aromatic rings. The molecule has 0 radical (unpaired) electrons. The maximum absolute atomic E-state index is 6.21. The monoisotopic (exact) mass is 342 g/mol. The predicted octanol–water partition coefficient (Wildman–Crippen LogP) is 5.96. The highest BCUT2D eigenvalue weighted by Gasteiger charge is 2.39. The Labute approximate surface area is 150 Å². The Balaban J connectivity index is 2.55. The minimum Gasteiger partial charge on any atom is -0.381 e. The standard InChI is InChI=1S/C21H42O3/c1-5-9-10-11-12-13-14-20(16-15-19-17-22-18-19)21(6-2,23-7-3)24-8-4/h19-20H,5-18H2,1-4H3. The molecule has 1 rings (SSSR count). The van der Waals surface area contributed by atoms with Gasteiger partial charge in [0.15, 0.2) is 5.79 Å². The summed E-state index contributed by atoms with van der Waals surface area (Å²) >= 11 is 0. The van der Waals surface area contributed by atoms with E-state index in [-0.39, 0.29) is 5.79 Å². The van der Waals surface area contributed by atoms with E-state index >= 15 is 0 Å². The first kappa shape index (κ1) is 21.9. The molecule has 1 aliphatic rings. The summed E-state index contributed by atoms with van der Waals surface area (Å²) in [6, 6.07) is 0. The van der Waals surface area contributed by atoms with Crippen molar-refractivity contribution in [2.45, 2.75) is 97.7 Å². The van der Waals surface area contributed by atoms with Crippen LogP contribution in [0.1, 0.15) is 91.9 Å². The van der Waals surface area contributed by atoms with Gasteiger partial charge in [0, 0.05) is 25.0 Å². The molecule has 3 heteroatoms. The third-order valence-corrected chi connectivity index (χ3v) is 5.43. The van der Waals surface area contributed by atoms with Gasteiger partial charge in [-0.05, 0) is 39.5 Å². The molecule has 1 unspecified atom stereocenters. The second kappa shape index (κ2) is 13.1. The Morgan fingerprint density at radius 2 is 1.50 bits per heavy atom. The molecule has 144 valence electrons. The zero-order valence-corrected chi connectivity index (χ0v) is 16.8. The van der Waals surface area contributed by atoms with Crippen LogP contribution in [0.2, 0.25) is 0 Å². The Hall–Kier alpha value is -0.120. The highest BCUT2D eigenvalue weighted by atomic mass is 16.7. The Kier molecular flexibility index (Phi) is 12.0. The maximum Gasteiger partial charge on any atom is 0.170 e. The molecule has 0 saturated carbocycles. The van der Waals surface area contributed by atoms with Crippen LogP contribution in [-0.2, 0) is 14.2 Å². The third-order valence-electron chi connectivity index (χ3n) is 5.43. The fourth-order valence-electron chi connectivity index (χ4n) is 3.90. The van der Waals surface area contributed by atoms with Gasteiger partial charge in [0.05, 0.1) is 13.2 Å². The fraction of sp³-hybridized carbons (Fsp3) is 1.00. The molecule has 0 spiro atoms. The predicted molar refractivity (Wildman–Crippen MR) is 101 cm³/mol. The average Bonchev–Trinajstić information content (AvgIpc) is 2.54. The van der Waals surface area contributed by atoms with Crippen LogP contribution in [0.15, 0.2) is 0 Å². The van der Waals surface area contributed by atoms with E-state index in [9.17, 15) is 0 Å². The van der Waals surface area contributed by atoms with Crippen molar-refractivity contribution in [3.05, 3.63) is 0 Å². The van der Waals surface area contributed by atoms with E-state index in [0.717, 1.165) is 38.8 Å². The fourth-order valence-corrected chi connectivity index (χ4v) is 3.90. The van der Waals surface area contributed by atoms with Crippen LogP contribution in [0, 0.1) is 11.8 Å². The molecule has 0 N–H and O–H groups in total. The quantitative estimate of drug-likeness (QED) is 0.256. The van der Waals surface area contributed by atoms with Crippen molar-refractivity contribution in [2.24, 2.45) is 11.8 Å². The number of hydrogen-bond acceptors (Lipinski definition) is 3. The molecule has 24 heavy (non-hydrogen) atoms. The van der Waals surface area contributed by atoms with Gasteiger partial charge in [-0.3, -0.25) is 0 Å². The van der Waals surface area contributed by atoms with Crippen molar-refractivity contribution >= 4 is 0 Å². The topological polar surface area (TPSA) is 27.7 Å². The second-order valence-electron chi connectivity index (χ2n) is 7.27. The lowest BCUT2D eigenvalue weighted by molar-refractivity contribution is -0.268. The lowest BCUT2D eigenvalue weighted by atomic mass is 9.83. The summed E-state index contributed by atoms with van der Waals surface area (Å²) in [5, 5.41) is 0. The molecule has 1 aliphatic heterocycles. The van der Waals surface area contributed by atoms with Gasteiger partial charge in [-0.15, -0.1) is 0 Å². The largest absolute Gasteiger partial charge is 0.381 e. The molecule has 1 atom stereocenters. The van der Waals surface area contributed by atoms with E-state index in [1.807, 2.05) is 0 Å².